The van der Waals surface area contributed by atoms with Crippen molar-refractivity contribution in [3.63, 3.8) is 0 Å². The molecule has 1 radical (unpaired) electrons. The Bertz CT molecular complexity index is 463. The van der Waals surface area contributed by atoms with Crippen LogP contribution in [0.15, 0.2) is 24.4 Å². The molecule has 0 aliphatic carbocycles. The van der Waals surface area contributed by atoms with Crippen molar-refractivity contribution in [3.8, 4) is 11.3 Å². The maximum absolute atomic E-state index is 12.9. The van der Waals surface area contributed by atoms with Crippen LogP contribution in [0.25, 0.3) is 11.3 Å². The van der Waals surface area contributed by atoms with Gasteiger partial charge in [0.1, 0.15) is 0 Å². The van der Waals surface area contributed by atoms with Gasteiger partial charge in [0.15, 0.2) is 11.6 Å². The lowest BCUT2D eigenvalue weighted by Gasteiger charge is -2.01. The first-order valence-corrected chi connectivity index (χ1v) is 4.03. The largest absolute Gasteiger partial charge is 0.267 e. The number of nitrogens with zero attached hydrogens (tertiary/aromatic N) is 2. The molecule has 0 N–H and O–H groups in total. The molecular weight excluding hydrogens is 186 g/mol. The number of hydrogen-bond acceptors (Lipinski definition) is 1. The Hall–Kier alpha value is -1.71. The van der Waals surface area contributed by atoms with Gasteiger partial charge in [0.05, 0.1) is 11.9 Å². The van der Waals surface area contributed by atoms with Crippen molar-refractivity contribution < 1.29 is 8.78 Å². The van der Waals surface area contributed by atoms with E-state index in [0.717, 1.165) is 12.1 Å². The number of aromatic nitrogens is 2. The fourth-order valence-corrected chi connectivity index (χ4v) is 1.24. The van der Waals surface area contributed by atoms with Gasteiger partial charge >= 0.3 is 0 Å². The normalized spacial score (nSPS) is 10.5. The summed E-state index contributed by atoms with van der Waals surface area (Å²) < 4.78 is 27.1. The van der Waals surface area contributed by atoms with Gasteiger partial charge in [0.25, 0.3) is 0 Å². The predicted octanol–water partition coefficient (Wildman–Crippen LogP) is 2.17. The standard InChI is InChI=1S/C10H7F2N2/c1-14-10(4-5-13-14)7-2-3-8(11)9(12)6-7/h2-3,5-6H,1H3. The summed E-state index contributed by atoms with van der Waals surface area (Å²) in [5.74, 6) is -1.71. The van der Waals surface area contributed by atoms with Crippen LogP contribution in [0, 0.1) is 17.7 Å². The number of rotatable bonds is 1. The zero-order chi connectivity index (χ0) is 10.1. The van der Waals surface area contributed by atoms with E-state index in [-0.39, 0.29) is 0 Å². The Balaban J connectivity index is 2.53. The SMILES string of the molecule is Cn1nc[c]c1-c1ccc(F)c(F)c1. The van der Waals surface area contributed by atoms with Crippen molar-refractivity contribution in [3.05, 3.63) is 42.1 Å². The Morgan fingerprint density at radius 3 is 2.64 bits per heavy atom. The molecule has 2 rings (SSSR count). The third-order valence-corrected chi connectivity index (χ3v) is 1.95. The van der Waals surface area contributed by atoms with Gasteiger partial charge in [0, 0.05) is 18.7 Å². The van der Waals surface area contributed by atoms with Crippen LogP contribution in [0.4, 0.5) is 8.78 Å². The van der Waals surface area contributed by atoms with Crippen LogP contribution in [0.5, 0.6) is 0 Å². The van der Waals surface area contributed by atoms with E-state index in [9.17, 15) is 8.78 Å². The van der Waals surface area contributed by atoms with Crippen LogP contribution >= 0.6 is 0 Å². The highest BCUT2D eigenvalue weighted by molar-refractivity contribution is 5.58. The fraction of sp³-hybridized carbons (Fsp3) is 0.100. The van der Waals surface area contributed by atoms with E-state index >= 15 is 0 Å². The molecule has 14 heavy (non-hydrogen) atoms. The zero-order valence-electron chi connectivity index (χ0n) is 7.46. The third-order valence-electron chi connectivity index (χ3n) is 1.95. The van der Waals surface area contributed by atoms with Gasteiger partial charge in [-0.2, -0.15) is 5.10 Å². The molecule has 2 aromatic rings. The highest BCUT2D eigenvalue weighted by Crippen LogP contribution is 2.19. The van der Waals surface area contributed by atoms with Crippen molar-refractivity contribution in [1.29, 1.82) is 0 Å². The van der Waals surface area contributed by atoms with E-state index in [0.29, 0.717) is 11.3 Å². The minimum atomic E-state index is -0.864. The molecule has 0 aliphatic heterocycles. The van der Waals surface area contributed by atoms with Gasteiger partial charge in [-0.1, -0.05) is 0 Å². The van der Waals surface area contributed by atoms with Crippen molar-refractivity contribution in [2.75, 3.05) is 0 Å². The molecule has 0 aliphatic rings. The molecule has 0 amide bonds. The highest BCUT2D eigenvalue weighted by atomic mass is 19.2. The van der Waals surface area contributed by atoms with Crippen LogP contribution in [0.3, 0.4) is 0 Å². The Kier molecular flexibility index (Phi) is 2.04. The van der Waals surface area contributed by atoms with Gasteiger partial charge < -0.3 is 0 Å². The van der Waals surface area contributed by atoms with Gasteiger partial charge in [-0.3, -0.25) is 4.68 Å². The van der Waals surface area contributed by atoms with E-state index in [4.69, 9.17) is 0 Å². The number of benzene rings is 1. The van der Waals surface area contributed by atoms with Crippen LogP contribution < -0.4 is 0 Å². The molecule has 0 unspecified atom stereocenters. The molecule has 0 bridgehead atoms. The molecule has 0 saturated heterocycles. The summed E-state index contributed by atoms with van der Waals surface area (Å²) in [7, 11) is 1.72. The summed E-state index contributed by atoms with van der Waals surface area (Å²) in [5, 5.41) is 3.89. The Labute approximate surface area is 79.8 Å². The molecule has 4 heteroatoms. The van der Waals surface area contributed by atoms with E-state index in [1.165, 1.54) is 12.3 Å². The van der Waals surface area contributed by atoms with Crippen molar-refractivity contribution in [1.82, 2.24) is 9.78 Å². The van der Waals surface area contributed by atoms with Gasteiger partial charge in [-0.05, 0) is 18.2 Å². The topological polar surface area (TPSA) is 17.8 Å². The smallest absolute Gasteiger partial charge is 0.159 e. The van der Waals surface area contributed by atoms with Gasteiger partial charge in [0.2, 0.25) is 0 Å². The molecule has 0 atom stereocenters. The summed E-state index contributed by atoms with van der Waals surface area (Å²) in [6.45, 7) is 0. The number of hydrogen-bond donors (Lipinski definition) is 0. The van der Waals surface area contributed by atoms with E-state index in [1.54, 1.807) is 11.7 Å². The summed E-state index contributed by atoms with van der Waals surface area (Å²) in [6.07, 6.45) is 1.48. The Morgan fingerprint density at radius 1 is 1.29 bits per heavy atom. The average molecular weight is 193 g/mol. The zero-order valence-corrected chi connectivity index (χ0v) is 7.46. The molecule has 71 valence electrons. The minimum absolute atomic E-state index is 0.559. The lowest BCUT2D eigenvalue weighted by atomic mass is 10.1. The molecule has 0 spiro atoms. The van der Waals surface area contributed by atoms with E-state index < -0.39 is 11.6 Å². The van der Waals surface area contributed by atoms with Crippen molar-refractivity contribution >= 4 is 0 Å². The van der Waals surface area contributed by atoms with Crippen molar-refractivity contribution in [2.45, 2.75) is 0 Å². The van der Waals surface area contributed by atoms with Crippen LogP contribution in [-0.4, -0.2) is 9.78 Å². The van der Waals surface area contributed by atoms with Crippen LogP contribution in [-0.2, 0) is 7.05 Å². The van der Waals surface area contributed by atoms with E-state index in [2.05, 4.69) is 11.2 Å². The predicted molar refractivity (Wildman–Crippen MR) is 47.4 cm³/mol. The van der Waals surface area contributed by atoms with Crippen LogP contribution in [0.2, 0.25) is 0 Å². The lowest BCUT2D eigenvalue weighted by molar-refractivity contribution is 0.509. The molecule has 2 nitrogen and oxygen atoms in total. The maximum atomic E-state index is 12.9. The quantitative estimate of drug-likeness (QED) is 0.678. The fourth-order valence-electron chi connectivity index (χ4n) is 1.24. The van der Waals surface area contributed by atoms with Gasteiger partial charge in [-0.15, -0.1) is 0 Å². The highest BCUT2D eigenvalue weighted by Gasteiger charge is 2.06. The summed E-state index contributed by atoms with van der Waals surface area (Å²) in [5.41, 5.74) is 1.19. The first kappa shape index (κ1) is 8.87. The molecule has 1 aromatic carbocycles. The second kappa shape index (κ2) is 3.21. The molecule has 0 saturated carbocycles. The third kappa shape index (κ3) is 1.39. The average Bonchev–Trinajstić information content (AvgIpc) is 2.57. The van der Waals surface area contributed by atoms with Gasteiger partial charge in [-0.25, -0.2) is 8.78 Å². The molecule has 1 heterocycles. The summed E-state index contributed by atoms with van der Waals surface area (Å²) in [6, 6.07) is 6.54. The molecule has 1 aromatic heterocycles. The number of aryl methyl sites for hydroxylation is 1. The lowest BCUT2D eigenvalue weighted by Crippen LogP contribution is -1.94. The first-order valence-electron chi connectivity index (χ1n) is 4.03. The number of halogens is 2. The maximum Gasteiger partial charge on any atom is 0.159 e. The second-order valence-electron chi connectivity index (χ2n) is 2.89. The Morgan fingerprint density at radius 2 is 2.07 bits per heavy atom. The first-order chi connectivity index (χ1) is 6.68. The van der Waals surface area contributed by atoms with Crippen molar-refractivity contribution in [2.24, 2.45) is 7.05 Å². The summed E-state index contributed by atoms with van der Waals surface area (Å²) >= 11 is 0. The summed E-state index contributed by atoms with van der Waals surface area (Å²) in [4.78, 5) is 0. The molecule has 0 fully saturated rings. The monoisotopic (exact) mass is 193 g/mol. The second-order valence-corrected chi connectivity index (χ2v) is 2.89. The minimum Gasteiger partial charge on any atom is -0.267 e. The van der Waals surface area contributed by atoms with Crippen LogP contribution in [0.1, 0.15) is 0 Å². The molecular formula is C10H7F2N2. The van der Waals surface area contributed by atoms with E-state index in [1.807, 2.05) is 0 Å².